The lowest BCUT2D eigenvalue weighted by molar-refractivity contribution is 0.194. The van der Waals surface area contributed by atoms with Gasteiger partial charge in [0, 0.05) is 30.9 Å². The Morgan fingerprint density at radius 2 is 1.77 bits per heavy atom. The zero-order chi connectivity index (χ0) is 20.6. The average Bonchev–Trinajstić information content (AvgIpc) is 2.79. The number of para-hydroxylation sites is 1. The molecule has 2 aromatic rings. The zero-order valence-corrected chi connectivity index (χ0v) is 18.0. The van der Waals surface area contributed by atoms with Gasteiger partial charge in [-0.3, -0.25) is 9.69 Å². The van der Waals surface area contributed by atoms with E-state index >= 15 is 0 Å². The van der Waals surface area contributed by atoms with E-state index in [2.05, 4.69) is 45.1 Å². The molecule has 0 atom stereocenters. The lowest BCUT2D eigenvalue weighted by atomic mass is 9.90. The molecule has 30 heavy (non-hydrogen) atoms. The summed E-state index contributed by atoms with van der Waals surface area (Å²) in [7, 11) is 0. The van der Waals surface area contributed by atoms with Crippen LogP contribution in [0.5, 0.6) is 5.75 Å². The summed E-state index contributed by atoms with van der Waals surface area (Å²) < 4.78 is 6.18. The van der Waals surface area contributed by atoms with E-state index in [-0.39, 0.29) is 5.56 Å². The van der Waals surface area contributed by atoms with Crippen LogP contribution >= 0.6 is 0 Å². The third-order valence-corrected chi connectivity index (χ3v) is 6.55. The molecule has 0 radical (unpaired) electrons. The van der Waals surface area contributed by atoms with E-state index < -0.39 is 0 Å². The van der Waals surface area contributed by atoms with Crippen molar-refractivity contribution in [2.75, 3.05) is 39.3 Å². The quantitative estimate of drug-likeness (QED) is 0.670. The molecule has 0 saturated carbocycles. The molecular formula is C25H35N3O2. The van der Waals surface area contributed by atoms with Crippen molar-refractivity contribution in [3.05, 3.63) is 64.1 Å². The number of ether oxygens (including phenoxy) is 1. The van der Waals surface area contributed by atoms with Crippen LogP contribution in [-0.4, -0.2) is 54.1 Å². The Kier molecular flexibility index (Phi) is 7.59. The number of nitrogens with one attached hydrogen (secondary N) is 1. The smallest absolute Gasteiger partial charge is 0.248 e. The van der Waals surface area contributed by atoms with Crippen molar-refractivity contribution in [1.82, 2.24) is 14.8 Å². The van der Waals surface area contributed by atoms with E-state index in [4.69, 9.17) is 4.74 Å². The summed E-state index contributed by atoms with van der Waals surface area (Å²) in [5.41, 5.74) is 2.46. The van der Waals surface area contributed by atoms with E-state index in [1.807, 2.05) is 0 Å². The van der Waals surface area contributed by atoms with E-state index in [1.165, 1.54) is 43.5 Å². The molecule has 2 saturated heterocycles. The molecule has 0 unspecified atom stereocenters. The number of aromatic nitrogens is 1. The molecule has 1 aromatic heterocycles. The molecule has 2 aliphatic heterocycles. The van der Waals surface area contributed by atoms with Crippen molar-refractivity contribution in [2.24, 2.45) is 0 Å². The van der Waals surface area contributed by atoms with Crippen LogP contribution in [0.2, 0.25) is 0 Å². The highest BCUT2D eigenvalue weighted by atomic mass is 16.5. The summed E-state index contributed by atoms with van der Waals surface area (Å²) in [6, 6.07) is 12.3. The number of hydrogen-bond acceptors (Lipinski definition) is 4. The van der Waals surface area contributed by atoms with Gasteiger partial charge in [-0.2, -0.15) is 0 Å². The minimum absolute atomic E-state index is 0.00120. The maximum absolute atomic E-state index is 11.6. The fraction of sp³-hybridized carbons (Fsp3) is 0.560. The van der Waals surface area contributed by atoms with E-state index in [9.17, 15) is 4.79 Å². The first-order chi connectivity index (χ1) is 14.8. The molecule has 1 aromatic carbocycles. The van der Waals surface area contributed by atoms with Gasteiger partial charge in [0.1, 0.15) is 5.75 Å². The van der Waals surface area contributed by atoms with Gasteiger partial charge < -0.3 is 14.6 Å². The second-order valence-electron chi connectivity index (χ2n) is 8.75. The third-order valence-electron chi connectivity index (χ3n) is 6.55. The van der Waals surface area contributed by atoms with Crippen molar-refractivity contribution < 1.29 is 4.74 Å². The first kappa shape index (κ1) is 21.1. The molecule has 0 bridgehead atoms. The molecular weight excluding hydrogens is 374 g/mol. The van der Waals surface area contributed by atoms with Crippen LogP contribution in [0.15, 0.2) is 47.4 Å². The number of piperidine rings is 2. The zero-order valence-electron chi connectivity index (χ0n) is 18.0. The summed E-state index contributed by atoms with van der Waals surface area (Å²) in [5.74, 6) is 1.53. The number of aromatic amines is 1. The normalized spacial score (nSPS) is 19.1. The molecule has 2 fully saturated rings. The van der Waals surface area contributed by atoms with Gasteiger partial charge in [-0.15, -0.1) is 0 Å². The highest BCUT2D eigenvalue weighted by molar-refractivity contribution is 5.33. The summed E-state index contributed by atoms with van der Waals surface area (Å²) in [6.45, 7) is 7.50. The Balaban J connectivity index is 1.24. The number of benzene rings is 1. The average molecular weight is 410 g/mol. The Morgan fingerprint density at radius 1 is 0.967 bits per heavy atom. The van der Waals surface area contributed by atoms with E-state index in [1.54, 1.807) is 12.3 Å². The highest BCUT2D eigenvalue weighted by Gasteiger charge is 2.21. The molecule has 3 heterocycles. The maximum atomic E-state index is 11.6. The largest absolute Gasteiger partial charge is 0.493 e. The molecule has 1 N–H and O–H groups in total. The minimum Gasteiger partial charge on any atom is -0.493 e. The van der Waals surface area contributed by atoms with Gasteiger partial charge in [0.05, 0.1) is 6.61 Å². The van der Waals surface area contributed by atoms with Crippen molar-refractivity contribution >= 4 is 0 Å². The van der Waals surface area contributed by atoms with Crippen LogP contribution in [0.4, 0.5) is 0 Å². The summed E-state index contributed by atoms with van der Waals surface area (Å²) in [4.78, 5) is 19.4. The maximum Gasteiger partial charge on any atom is 0.248 e. The van der Waals surface area contributed by atoms with Gasteiger partial charge in [-0.05, 0) is 81.9 Å². The monoisotopic (exact) mass is 409 g/mol. The minimum atomic E-state index is 0.00120. The first-order valence-electron chi connectivity index (χ1n) is 11.6. The number of nitrogens with zero attached hydrogens (tertiary/aromatic N) is 2. The highest BCUT2D eigenvalue weighted by Crippen LogP contribution is 2.29. The number of likely N-dealkylation sites (tertiary alicyclic amines) is 2. The number of H-pyrrole nitrogens is 1. The lowest BCUT2D eigenvalue weighted by Crippen LogP contribution is -2.33. The predicted octanol–water partition coefficient (Wildman–Crippen LogP) is 4.01. The Bertz CT molecular complexity index is 836. The molecule has 0 amide bonds. The molecule has 4 rings (SSSR count). The Labute approximate surface area is 180 Å². The van der Waals surface area contributed by atoms with Gasteiger partial charge in [-0.1, -0.05) is 24.6 Å². The predicted molar refractivity (Wildman–Crippen MR) is 121 cm³/mol. The van der Waals surface area contributed by atoms with Crippen molar-refractivity contribution in [3.8, 4) is 5.75 Å². The second kappa shape index (κ2) is 10.8. The molecule has 2 aliphatic rings. The second-order valence-corrected chi connectivity index (χ2v) is 8.75. The Morgan fingerprint density at radius 3 is 2.57 bits per heavy atom. The number of hydrogen-bond donors (Lipinski definition) is 1. The summed E-state index contributed by atoms with van der Waals surface area (Å²) >= 11 is 0. The van der Waals surface area contributed by atoms with E-state index in [0.717, 1.165) is 57.8 Å². The SMILES string of the molecule is O=c1cc(C2CCN(Cc3ccccc3OCCCN3CCCCC3)CC2)cc[nH]1. The fourth-order valence-electron chi connectivity index (χ4n) is 4.81. The van der Waals surface area contributed by atoms with Crippen molar-refractivity contribution in [1.29, 1.82) is 0 Å². The van der Waals surface area contributed by atoms with Crippen LogP contribution in [0.25, 0.3) is 0 Å². The van der Waals surface area contributed by atoms with E-state index in [0.29, 0.717) is 5.92 Å². The summed E-state index contributed by atoms with van der Waals surface area (Å²) in [6.07, 6.45) is 9.15. The van der Waals surface area contributed by atoms with Gasteiger partial charge in [0.2, 0.25) is 5.56 Å². The third kappa shape index (κ3) is 5.96. The van der Waals surface area contributed by atoms with Gasteiger partial charge in [-0.25, -0.2) is 0 Å². The van der Waals surface area contributed by atoms with Crippen LogP contribution < -0.4 is 10.3 Å². The Hall–Kier alpha value is -2.11. The topological polar surface area (TPSA) is 48.6 Å². The van der Waals surface area contributed by atoms with Crippen molar-refractivity contribution in [2.45, 2.75) is 51.0 Å². The fourth-order valence-corrected chi connectivity index (χ4v) is 4.81. The van der Waals surface area contributed by atoms with Crippen LogP contribution in [-0.2, 0) is 6.54 Å². The number of rotatable bonds is 8. The van der Waals surface area contributed by atoms with Crippen molar-refractivity contribution in [3.63, 3.8) is 0 Å². The van der Waals surface area contributed by atoms with Crippen LogP contribution in [0.3, 0.4) is 0 Å². The van der Waals surface area contributed by atoms with Crippen LogP contribution in [0, 0.1) is 0 Å². The molecule has 5 heteroatoms. The molecule has 0 aliphatic carbocycles. The van der Waals surface area contributed by atoms with Crippen LogP contribution in [0.1, 0.15) is 55.6 Å². The van der Waals surface area contributed by atoms with Gasteiger partial charge >= 0.3 is 0 Å². The first-order valence-corrected chi connectivity index (χ1v) is 11.6. The van der Waals surface area contributed by atoms with Gasteiger partial charge in [0.25, 0.3) is 0 Å². The van der Waals surface area contributed by atoms with Gasteiger partial charge in [0.15, 0.2) is 0 Å². The lowest BCUT2D eigenvalue weighted by Gasteiger charge is -2.32. The number of pyridine rings is 1. The molecule has 162 valence electrons. The molecule has 5 nitrogen and oxygen atoms in total. The summed E-state index contributed by atoms with van der Waals surface area (Å²) in [5, 5.41) is 0. The standard InChI is InChI=1S/C25H35N3O2/c29-25-19-22(9-12-26-25)21-10-16-28(17-11-21)20-23-7-2-3-8-24(23)30-18-6-15-27-13-4-1-5-14-27/h2-3,7-9,12,19,21H,1,4-6,10-11,13-18,20H2,(H,26,29). The molecule has 0 spiro atoms.